The number of methoxy groups -OCH3 is 2. The molecule has 5 aromatic rings. The number of nitrogens with zero attached hydrogens (tertiary/aromatic N) is 12. The van der Waals surface area contributed by atoms with Crippen LogP contribution in [0.1, 0.15) is 156 Å². The third-order valence-corrected chi connectivity index (χ3v) is 24.9. The Balaban J connectivity index is 0.585. The number of aromatic nitrogens is 8. The number of nitrogens with two attached hydrogens (primary N) is 2. The molecule has 2 bridgehead atoms. The number of anilines is 2. The molecule has 10 N–H and O–H groups in total. The molecule has 123 heavy (non-hydrogen) atoms. The molecule has 10 heterocycles. The van der Waals surface area contributed by atoms with Crippen molar-refractivity contribution in [1.82, 2.24) is 69.9 Å². The Hall–Kier alpha value is -9.85. The van der Waals surface area contributed by atoms with Crippen LogP contribution in [-0.4, -0.2) is 288 Å². The number of aliphatic hydroxyl groups is 3. The molecule has 1 saturated carbocycles. The Morgan fingerprint density at radius 1 is 0.756 bits per heavy atom. The second kappa shape index (κ2) is 44.7. The maximum Gasteiger partial charge on any atom is 0.407 e. The molecule has 35 heteroatoms. The number of aromatic amines is 1. The number of H-pyrrole nitrogens is 1. The van der Waals surface area contributed by atoms with Gasteiger partial charge in [-0.15, -0.1) is 0 Å². The Labute approximate surface area is 717 Å². The molecule has 4 saturated heterocycles. The standard InChI is InChI=1S/C88H125N17O18/c1-54-16-10-9-11-17-55(2)69(118-7)47-64-21-19-59(6)88(117,123-64)80(113)84(114)104-29-14-12-18-66(104)85(115)121-70(48-67(106)56(3)43-58(5)78(111)79(112)77(110)57(4)42-54)65(89)44-60-20-22-68(71(45-60)119-8)122-87(116)96-51-61-49-94-86(95-50-61)103-37-35-102(36-38-103)74(109)26-40-120-41-39-100-31-33-101(34-32-100)73(108)24-23-72(107)91-27-13-15-30-105-83-75(81(90)97-53-98-83)76(99-105)63-46-62-25-28-92-82(62)93-52-63/h9-11,16-17,25,28,43,46,49-50,52-54,56-57,59-60,64-66,68-71,78-79,111-112,117H,12-15,18-24,26-27,29-42,44-45,47-48,51,89H2,1-8H3,(H,91,107)(H,92,93)(H,96,116)(H2,90,97,98)/b11-9?,16-10+,55-17?,58-43+/t54-,56-,57-,59-,60+,64+,65-,66+,68-,69+,70+,71-,78-,79+,88-/m1/s1. The van der Waals surface area contributed by atoms with Gasteiger partial charge in [-0.25, -0.2) is 39.2 Å². The zero-order valence-corrected chi connectivity index (χ0v) is 72.2. The van der Waals surface area contributed by atoms with Gasteiger partial charge in [0.1, 0.15) is 59.7 Å². The Morgan fingerprint density at radius 2 is 1.50 bits per heavy atom. The lowest BCUT2D eigenvalue weighted by molar-refractivity contribution is -0.265. The number of hydrogen-bond donors (Lipinski definition) is 8. The molecule has 5 fully saturated rings. The number of piperidine rings is 1. The number of ketones is 3. The van der Waals surface area contributed by atoms with E-state index in [9.17, 15) is 58.5 Å². The number of piperazine rings is 2. The van der Waals surface area contributed by atoms with E-state index in [0.29, 0.717) is 177 Å². The molecule has 1 aliphatic carbocycles. The maximum absolute atomic E-state index is 14.7. The van der Waals surface area contributed by atoms with Crippen LogP contribution in [0.25, 0.3) is 33.3 Å². The van der Waals surface area contributed by atoms with Gasteiger partial charge >= 0.3 is 12.1 Å². The van der Waals surface area contributed by atoms with E-state index < -0.39 is 120 Å². The maximum atomic E-state index is 14.7. The number of aliphatic hydroxyl groups excluding tert-OH is 2. The lowest BCUT2D eigenvalue weighted by atomic mass is 9.80. The highest BCUT2D eigenvalue weighted by Gasteiger charge is 2.53. The number of pyridine rings is 1. The number of carbonyl (C=O) groups is 9. The fourth-order valence-corrected chi connectivity index (χ4v) is 17.3. The Bertz CT molecular complexity index is 4580. The van der Waals surface area contributed by atoms with Crippen molar-refractivity contribution >= 4 is 86.9 Å². The molecule has 5 aromatic heterocycles. The van der Waals surface area contributed by atoms with Gasteiger partial charge in [0.2, 0.25) is 29.5 Å². The van der Waals surface area contributed by atoms with Crippen LogP contribution in [0.2, 0.25) is 0 Å². The highest BCUT2D eigenvalue weighted by molar-refractivity contribution is 6.39. The van der Waals surface area contributed by atoms with Crippen LogP contribution in [0, 0.1) is 29.6 Å². The number of nitrogen functional groups attached to an aromatic ring is 1. The van der Waals surface area contributed by atoms with E-state index in [1.54, 1.807) is 56.3 Å². The molecule has 15 atom stereocenters. The highest BCUT2D eigenvalue weighted by atomic mass is 16.6. The number of ether oxygens (including phenoxy) is 6. The van der Waals surface area contributed by atoms with Gasteiger partial charge in [-0.2, -0.15) is 5.10 Å². The first kappa shape index (κ1) is 93.8. The number of aryl methyl sites for hydroxylation is 1. The predicted octanol–water partition coefficient (Wildman–Crippen LogP) is 5.78. The van der Waals surface area contributed by atoms with E-state index in [1.165, 1.54) is 26.4 Å². The van der Waals surface area contributed by atoms with Crippen LogP contribution in [0.3, 0.4) is 0 Å². The normalized spacial score (nSPS) is 27.8. The van der Waals surface area contributed by atoms with E-state index in [-0.39, 0.29) is 93.4 Å². The fraction of sp³-hybridized carbons (Fsp3) is 0.625. The summed E-state index contributed by atoms with van der Waals surface area (Å²) in [5, 5.41) is 46.9. The van der Waals surface area contributed by atoms with Crippen molar-refractivity contribution in [3.8, 4) is 11.3 Å². The van der Waals surface area contributed by atoms with Crippen LogP contribution in [0.15, 0.2) is 90.8 Å². The molecule has 11 rings (SSSR count). The van der Waals surface area contributed by atoms with Crippen LogP contribution < -0.4 is 27.0 Å². The summed E-state index contributed by atoms with van der Waals surface area (Å²) in [4.78, 5) is 159. The molecule has 670 valence electrons. The summed E-state index contributed by atoms with van der Waals surface area (Å²) < 4.78 is 37.9. The number of amides is 5. The minimum atomic E-state index is -2.52. The van der Waals surface area contributed by atoms with Gasteiger partial charge in [-0.05, 0) is 126 Å². The molecule has 6 aliphatic rings. The first-order valence-electron chi connectivity index (χ1n) is 43.5. The SMILES string of the molecule is CO[C@H]1C[C@@H]2CC[C@@H](C)[C@@](O)(O2)C(=O)C(=O)N2CCCC[C@H]2C(=O)O[C@H]([C@H](N)C[C@@H]2CC[C@@H](OC(=O)NCc3cnc(N4CCN(C(=O)CCOCCN5CCN(C(=O)CCC(=O)NCCCCn6nc(-c7cnc8[nH]ccc8c7)c7c(N)ncnc76)CC5)CC4)nc3)[C@H](OC)C2)CC(=O)[C@H](C)/C=C(\C)[C@@H](O)[C@@H](O)C(=O)[C@H](C)C[C@H](C)/C=C/C=CC=C1C. The van der Waals surface area contributed by atoms with Crippen LogP contribution in [0.5, 0.6) is 0 Å². The summed E-state index contributed by atoms with van der Waals surface area (Å²) >= 11 is 0. The lowest BCUT2D eigenvalue weighted by Gasteiger charge is -2.42. The van der Waals surface area contributed by atoms with Crippen LogP contribution in [-0.2, 0) is 79.9 Å². The highest BCUT2D eigenvalue weighted by Crippen LogP contribution is 2.39. The minimum Gasteiger partial charge on any atom is -0.459 e. The van der Waals surface area contributed by atoms with Gasteiger partial charge < -0.3 is 90.4 Å². The molecule has 0 spiro atoms. The largest absolute Gasteiger partial charge is 0.459 e. The van der Waals surface area contributed by atoms with Gasteiger partial charge in [-0.1, -0.05) is 64.2 Å². The smallest absolute Gasteiger partial charge is 0.407 e. The molecule has 35 nitrogen and oxygen atoms in total. The Morgan fingerprint density at radius 3 is 2.25 bits per heavy atom. The van der Waals surface area contributed by atoms with Gasteiger partial charge in [0.05, 0.1) is 43.3 Å². The van der Waals surface area contributed by atoms with Crippen molar-refractivity contribution in [2.24, 2.45) is 35.3 Å². The van der Waals surface area contributed by atoms with E-state index in [1.807, 2.05) is 72.1 Å². The molecule has 0 unspecified atom stereocenters. The number of rotatable bonds is 24. The second-order valence-electron chi connectivity index (χ2n) is 33.9. The van der Waals surface area contributed by atoms with Crippen molar-refractivity contribution in [2.75, 3.05) is 110 Å². The van der Waals surface area contributed by atoms with Crippen LogP contribution >= 0.6 is 0 Å². The first-order valence-corrected chi connectivity index (χ1v) is 43.5. The second-order valence-corrected chi connectivity index (χ2v) is 33.9. The summed E-state index contributed by atoms with van der Waals surface area (Å²) in [5.41, 5.74) is 17.8. The zero-order chi connectivity index (χ0) is 88.0. The van der Waals surface area contributed by atoms with Crippen molar-refractivity contribution in [1.29, 1.82) is 0 Å². The van der Waals surface area contributed by atoms with Gasteiger partial charge in [0.25, 0.3) is 11.7 Å². The summed E-state index contributed by atoms with van der Waals surface area (Å²) in [5.74, 6) is -8.83. The van der Waals surface area contributed by atoms with Gasteiger partial charge in [0, 0.05) is 190 Å². The monoisotopic (exact) mass is 1710 g/mol. The number of unbranched alkanes of at least 4 members (excludes halogenated alkanes) is 1. The Kier molecular flexibility index (Phi) is 34.1. The third-order valence-electron chi connectivity index (χ3n) is 24.9. The summed E-state index contributed by atoms with van der Waals surface area (Å²) in [6.07, 6.45) is 16.6. The quantitative estimate of drug-likeness (QED) is 0.0157. The third kappa shape index (κ3) is 25.0. The number of fused-ring (bicyclic) bond motifs is 5. The van der Waals surface area contributed by atoms with E-state index >= 15 is 0 Å². The number of Topliss-reactive ketones (excluding diaryl/α,β-unsaturated/α-hetero) is 3. The van der Waals surface area contributed by atoms with Crippen molar-refractivity contribution < 1.29 is 86.9 Å². The number of cyclic esters (lactones) is 1. The number of esters is 1. The fourth-order valence-electron chi connectivity index (χ4n) is 17.3. The van der Waals surface area contributed by atoms with Crippen molar-refractivity contribution in [3.63, 3.8) is 0 Å². The molecule has 0 radical (unpaired) electrons. The van der Waals surface area contributed by atoms with Crippen molar-refractivity contribution in [3.05, 3.63) is 96.4 Å². The van der Waals surface area contributed by atoms with Gasteiger partial charge in [0.15, 0.2) is 11.4 Å². The van der Waals surface area contributed by atoms with E-state index in [4.69, 9.17) is 45.0 Å². The minimum absolute atomic E-state index is 0.00981. The number of carbonyl (C=O) groups excluding carboxylic acids is 9. The molecular weight excluding hydrogens is 1580 g/mol. The average Bonchev–Trinajstić information content (AvgIpc) is 1.75. The lowest BCUT2D eigenvalue weighted by Crippen LogP contribution is -2.61. The van der Waals surface area contributed by atoms with E-state index in [0.717, 1.165) is 27.1 Å². The summed E-state index contributed by atoms with van der Waals surface area (Å²) in [6.45, 7) is 17.1. The molecule has 0 aromatic carbocycles. The molecule has 5 aliphatic heterocycles. The summed E-state index contributed by atoms with van der Waals surface area (Å²) in [6, 6.07) is 1.66. The topological polar surface area (TPSA) is 460 Å². The van der Waals surface area contributed by atoms with Crippen molar-refractivity contribution in [2.45, 2.75) is 224 Å². The number of allylic oxidation sites excluding steroid dienone is 6. The predicted molar refractivity (Wildman–Crippen MR) is 456 cm³/mol. The molecular formula is C88H125N17O18. The van der Waals surface area contributed by atoms with E-state index in [2.05, 4.69) is 45.4 Å². The number of alkyl carbamates (subject to hydrolysis) is 1. The van der Waals surface area contributed by atoms with Crippen LogP contribution in [0.4, 0.5) is 16.6 Å². The number of nitrogens with one attached hydrogen (secondary N) is 3. The zero-order valence-electron chi connectivity index (χ0n) is 72.2. The average molecular weight is 1710 g/mol. The summed E-state index contributed by atoms with van der Waals surface area (Å²) in [7, 11) is 3.06. The van der Waals surface area contributed by atoms with Gasteiger partial charge in [-0.3, -0.25) is 38.5 Å². The molecule has 5 amide bonds. The number of hydrogen-bond acceptors (Lipinski definition) is 28. The first-order chi connectivity index (χ1) is 59.1.